The number of hydrogen-bond donors (Lipinski definition) is 1. The fourth-order valence-electron chi connectivity index (χ4n) is 6.47. The van der Waals surface area contributed by atoms with E-state index in [4.69, 9.17) is 4.98 Å². The van der Waals surface area contributed by atoms with Gasteiger partial charge < -0.3 is 24.6 Å². The molecule has 8 nitrogen and oxygen atoms in total. The van der Waals surface area contributed by atoms with Crippen molar-refractivity contribution in [2.75, 3.05) is 49.5 Å². The molecule has 3 aromatic rings. The Balaban J connectivity index is 1.43. The van der Waals surface area contributed by atoms with Crippen LogP contribution in [0.5, 0.6) is 0 Å². The first-order valence-electron chi connectivity index (χ1n) is 16.9. The van der Waals surface area contributed by atoms with Crippen LogP contribution in [0.2, 0.25) is 0 Å². The van der Waals surface area contributed by atoms with Crippen LogP contribution in [-0.2, 0) is 17.8 Å². The van der Waals surface area contributed by atoms with Gasteiger partial charge in [0, 0.05) is 50.0 Å². The van der Waals surface area contributed by atoms with Crippen LogP contribution in [0.15, 0.2) is 36.4 Å². The first-order chi connectivity index (χ1) is 21.2. The average molecular weight is 601 g/mol. The summed E-state index contributed by atoms with van der Waals surface area (Å²) in [5.74, 6) is 2.08. The van der Waals surface area contributed by atoms with Crippen LogP contribution in [0.4, 0.5) is 17.3 Å². The van der Waals surface area contributed by atoms with Gasteiger partial charge in [-0.1, -0.05) is 34.1 Å². The van der Waals surface area contributed by atoms with Gasteiger partial charge in [0.05, 0.1) is 11.0 Å². The average Bonchev–Trinajstić information content (AvgIpc) is 3.58. The second-order valence-corrected chi connectivity index (χ2v) is 13.6. The Hall–Kier alpha value is -3.39. The van der Waals surface area contributed by atoms with E-state index in [0.29, 0.717) is 11.8 Å². The van der Waals surface area contributed by atoms with Crippen LogP contribution in [0.3, 0.4) is 0 Å². The molecule has 1 fully saturated rings. The molecule has 0 aliphatic carbocycles. The van der Waals surface area contributed by atoms with Crippen LogP contribution < -0.4 is 10.2 Å². The summed E-state index contributed by atoms with van der Waals surface area (Å²) in [7, 11) is 0. The van der Waals surface area contributed by atoms with E-state index < -0.39 is 0 Å². The number of aryl methyl sites for hydroxylation is 1. The van der Waals surface area contributed by atoms with Crippen molar-refractivity contribution in [3.05, 3.63) is 47.5 Å². The van der Waals surface area contributed by atoms with Gasteiger partial charge in [-0.15, -0.1) is 0 Å². The van der Waals surface area contributed by atoms with Crippen molar-refractivity contribution in [2.24, 2.45) is 11.8 Å². The summed E-state index contributed by atoms with van der Waals surface area (Å²) in [6.45, 7) is 17.0. The second-order valence-electron chi connectivity index (χ2n) is 13.6. The molecule has 0 unspecified atom stereocenters. The molecular weight excluding hydrogens is 548 g/mol. The number of nitrogens with zero attached hydrogens (tertiary/aromatic N) is 5. The quantitative estimate of drug-likeness (QED) is 0.227. The number of rotatable bonds is 13. The lowest BCUT2D eigenvalue weighted by atomic mass is 10.1. The van der Waals surface area contributed by atoms with Crippen molar-refractivity contribution in [1.29, 1.82) is 0 Å². The molecule has 3 heterocycles. The number of nitrogens with one attached hydrogen (secondary N) is 1. The fourth-order valence-corrected chi connectivity index (χ4v) is 6.47. The topological polar surface area (TPSA) is 73.7 Å². The number of imidazole rings is 1. The van der Waals surface area contributed by atoms with E-state index in [1.807, 2.05) is 34.1 Å². The lowest BCUT2D eigenvalue weighted by Gasteiger charge is -2.26. The van der Waals surface area contributed by atoms with Crippen molar-refractivity contribution in [3.8, 4) is 0 Å². The Bertz CT molecular complexity index is 1430. The lowest BCUT2D eigenvalue weighted by molar-refractivity contribution is -0.116. The number of likely N-dealkylation sites (tertiary alicyclic amines) is 1. The number of carbonyl (C=O) groups excluding carboxylic acids is 2. The normalized spacial score (nSPS) is 15.4. The SMILES string of the molecule is CC(=O)N1CCc2cc(Nc3nc4ccc(C(=O)N(CCC(C)C)CCC(C)C)cc4n3CCCN3CCCCC3)ccc21. The summed E-state index contributed by atoms with van der Waals surface area (Å²) < 4.78 is 2.26. The number of piperidine rings is 1. The van der Waals surface area contributed by atoms with Crippen molar-refractivity contribution in [1.82, 2.24) is 19.4 Å². The first kappa shape index (κ1) is 32.0. The smallest absolute Gasteiger partial charge is 0.253 e. The summed E-state index contributed by atoms with van der Waals surface area (Å²) in [6, 6.07) is 12.2. The molecular formula is C36H52N6O2. The zero-order valence-electron chi connectivity index (χ0n) is 27.6. The number of hydrogen-bond acceptors (Lipinski definition) is 5. The highest BCUT2D eigenvalue weighted by atomic mass is 16.2. The van der Waals surface area contributed by atoms with Crippen molar-refractivity contribution >= 4 is 40.2 Å². The van der Waals surface area contributed by atoms with Crippen molar-refractivity contribution < 1.29 is 9.59 Å². The highest BCUT2D eigenvalue weighted by molar-refractivity contribution is 5.98. The van der Waals surface area contributed by atoms with Gasteiger partial charge in [-0.2, -0.15) is 0 Å². The number of carbonyl (C=O) groups is 2. The molecule has 238 valence electrons. The van der Waals surface area contributed by atoms with Gasteiger partial charge in [0.25, 0.3) is 5.91 Å². The predicted molar refractivity (Wildman–Crippen MR) is 181 cm³/mol. The minimum absolute atomic E-state index is 0.0808. The highest BCUT2D eigenvalue weighted by Gasteiger charge is 2.23. The lowest BCUT2D eigenvalue weighted by Crippen LogP contribution is -2.34. The fraction of sp³-hybridized carbons (Fsp3) is 0.583. The van der Waals surface area contributed by atoms with E-state index in [0.717, 1.165) is 92.3 Å². The number of fused-ring (bicyclic) bond motifs is 2. The summed E-state index contributed by atoms with van der Waals surface area (Å²) in [6.07, 6.45) is 7.78. The zero-order chi connectivity index (χ0) is 31.2. The molecule has 0 bridgehead atoms. The molecule has 0 atom stereocenters. The Morgan fingerprint density at radius 1 is 0.909 bits per heavy atom. The number of anilines is 3. The molecule has 0 spiro atoms. The Morgan fingerprint density at radius 2 is 1.64 bits per heavy atom. The van der Waals surface area contributed by atoms with Gasteiger partial charge in [-0.05, 0) is 112 Å². The van der Waals surface area contributed by atoms with E-state index in [-0.39, 0.29) is 11.8 Å². The van der Waals surface area contributed by atoms with Gasteiger partial charge in [0.2, 0.25) is 11.9 Å². The second kappa shape index (κ2) is 14.6. The molecule has 2 aromatic carbocycles. The maximum atomic E-state index is 13.9. The largest absolute Gasteiger partial charge is 0.339 e. The summed E-state index contributed by atoms with van der Waals surface area (Å²) in [5, 5.41) is 3.60. The first-order valence-corrected chi connectivity index (χ1v) is 16.9. The number of amides is 2. The third-order valence-corrected chi connectivity index (χ3v) is 9.15. The van der Waals surface area contributed by atoms with Crippen LogP contribution in [0.25, 0.3) is 11.0 Å². The molecule has 2 amide bonds. The zero-order valence-corrected chi connectivity index (χ0v) is 27.6. The summed E-state index contributed by atoms with van der Waals surface area (Å²) in [4.78, 5) is 37.4. The van der Waals surface area contributed by atoms with E-state index in [9.17, 15) is 9.59 Å². The molecule has 1 N–H and O–H groups in total. The summed E-state index contributed by atoms with van der Waals surface area (Å²) >= 11 is 0. The molecule has 44 heavy (non-hydrogen) atoms. The molecule has 8 heteroatoms. The highest BCUT2D eigenvalue weighted by Crippen LogP contribution is 2.32. The molecule has 1 saturated heterocycles. The van der Waals surface area contributed by atoms with Crippen LogP contribution in [-0.4, -0.2) is 70.4 Å². The minimum atomic E-state index is 0.0808. The maximum Gasteiger partial charge on any atom is 0.253 e. The van der Waals surface area contributed by atoms with E-state index in [1.54, 1.807) is 6.92 Å². The van der Waals surface area contributed by atoms with Gasteiger partial charge in [-0.3, -0.25) is 9.59 Å². The van der Waals surface area contributed by atoms with E-state index in [2.05, 4.69) is 54.6 Å². The molecule has 2 aliphatic heterocycles. The molecule has 2 aliphatic rings. The third kappa shape index (κ3) is 7.81. The third-order valence-electron chi connectivity index (χ3n) is 9.15. The van der Waals surface area contributed by atoms with Gasteiger partial charge >= 0.3 is 0 Å². The van der Waals surface area contributed by atoms with Crippen molar-refractivity contribution in [2.45, 2.75) is 86.1 Å². The van der Waals surface area contributed by atoms with Gasteiger partial charge in [0.1, 0.15) is 0 Å². The monoisotopic (exact) mass is 600 g/mol. The van der Waals surface area contributed by atoms with Crippen molar-refractivity contribution in [3.63, 3.8) is 0 Å². The minimum Gasteiger partial charge on any atom is -0.339 e. The van der Waals surface area contributed by atoms with E-state index in [1.165, 1.54) is 37.9 Å². The Kier molecular flexibility index (Phi) is 10.6. The maximum absolute atomic E-state index is 13.9. The van der Waals surface area contributed by atoms with Crippen LogP contribution in [0.1, 0.15) is 89.1 Å². The predicted octanol–water partition coefficient (Wildman–Crippen LogP) is 7.10. The number of aromatic nitrogens is 2. The van der Waals surface area contributed by atoms with Crippen LogP contribution >= 0.6 is 0 Å². The van der Waals surface area contributed by atoms with Crippen LogP contribution in [0, 0.1) is 11.8 Å². The Morgan fingerprint density at radius 3 is 2.32 bits per heavy atom. The number of benzene rings is 2. The van der Waals surface area contributed by atoms with Gasteiger partial charge in [0.15, 0.2) is 0 Å². The van der Waals surface area contributed by atoms with Gasteiger partial charge in [-0.25, -0.2) is 4.98 Å². The molecule has 1 aromatic heterocycles. The molecule has 5 rings (SSSR count). The standard InChI is InChI=1S/C36H52N6O2/c1-26(2)14-21-40(22-15-27(3)4)35(44)30-10-12-32-34(25-30)42(20-9-19-39-17-7-6-8-18-39)36(38-32)37-31-11-13-33-29(24-31)16-23-41(33)28(5)43/h10-13,24-27H,6-9,14-23H2,1-5H3,(H,37,38). The molecule has 0 saturated carbocycles. The Labute approximate surface area is 263 Å². The van der Waals surface area contributed by atoms with E-state index >= 15 is 0 Å². The summed E-state index contributed by atoms with van der Waals surface area (Å²) in [5.41, 5.74) is 5.76. The molecule has 0 radical (unpaired) electrons.